The number of carbonyl (C=O) groups excluding carboxylic acids is 1. The summed E-state index contributed by atoms with van der Waals surface area (Å²) in [6.07, 6.45) is 5.30. The predicted molar refractivity (Wildman–Crippen MR) is 75.5 cm³/mol. The fraction of sp³-hybridized carbons (Fsp3) is 0.0667. The molecule has 0 atom stereocenters. The molecule has 2 aromatic heterocycles. The molecule has 3 aromatic rings. The van der Waals surface area contributed by atoms with Crippen molar-refractivity contribution >= 4 is 17.2 Å². The molecule has 0 spiro atoms. The minimum Gasteiger partial charge on any atom is -0.392 e. The molecule has 0 saturated heterocycles. The third-order valence-corrected chi connectivity index (χ3v) is 3.03. The molecule has 2 heterocycles. The zero-order valence-electron chi connectivity index (χ0n) is 10.7. The van der Waals surface area contributed by atoms with E-state index in [1.807, 2.05) is 10.6 Å². The molecule has 0 bridgehead atoms. The number of hydrogen-bond acceptors (Lipinski definition) is 3. The maximum absolute atomic E-state index is 12.2. The van der Waals surface area contributed by atoms with Crippen molar-refractivity contribution in [2.75, 3.05) is 5.32 Å². The Balaban J connectivity index is 1.84. The summed E-state index contributed by atoms with van der Waals surface area (Å²) in [5.41, 5.74) is 2.68. The maximum atomic E-state index is 12.2. The number of nitrogens with zero attached hydrogens (tertiary/aromatic N) is 2. The first-order valence-electron chi connectivity index (χ1n) is 6.20. The second kappa shape index (κ2) is 5.14. The quantitative estimate of drug-likeness (QED) is 0.763. The van der Waals surface area contributed by atoms with E-state index >= 15 is 0 Å². The van der Waals surface area contributed by atoms with Crippen LogP contribution in [-0.4, -0.2) is 20.4 Å². The van der Waals surface area contributed by atoms with Crippen LogP contribution in [0, 0.1) is 0 Å². The van der Waals surface area contributed by atoms with Crippen LogP contribution in [-0.2, 0) is 6.61 Å². The van der Waals surface area contributed by atoms with E-state index in [4.69, 9.17) is 5.11 Å². The molecule has 100 valence electrons. The molecule has 1 amide bonds. The van der Waals surface area contributed by atoms with Gasteiger partial charge in [0.1, 0.15) is 5.65 Å². The number of anilines is 1. The average molecular weight is 267 g/mol. The van der Waals surface area contributed by atoms with Crippen LogP contribution in [0.5, 0.6) is 0 Å². The van der Waals surface area contributed by atoms with Gasteiger partial charge in [0.05, 0.1) is 6.61 Å². The van der Waals surface area contributed by atoms with Crippen LogP contribution in [0.3, 0.4) is 0 Å². The molecular formula is C15H13N3O2. The lowest BCUT2D eigenvalue weighted by atomic mass is 10.2. The molecular weight excluding hydrogens is 254 g/mol. The Morgan fingerprint density at radius 1 is 1.25 bits per heavy atom. The van der Waals surface area contributed by atoms with Crippen molar-refractivity contribution < 1.29 is 9.90 Å². The van der Waals surface area contributed by atoms with E-state index in [1.165, 1.54) is 0 Å². The second-order valence-electron chi connectivity index (χ2n) is 4.42. The van der Waals surface area contributed by atoms with Crippen molar-refractivity contribution in [1.29, 1.82) is 0 Å². The number of imidazole rings is 1. The molecule has 0 aliphatic carbocycles. The summed E-state index contributed by atoms with van der Waals surface area (Å²) in [5.74, 6) is -0.203. The molecule has 0 saturated carbocycles. The van der Waals surface area contributed by atoms with Gasteiger partial charge in [0.2, 0.25) is 0 Å². The van der Waals surface area contributed by atoms with Crippen LogP contribution in [0.2, 0.25) is 0 Å². The first-order valence-corrected chi connectivity index (χ1v) is 6.20. The molecule has 5 heteroatoms. The highest BCUT2D eigenvalue weighted by molar-refractivity contribution is 6.04. The van der Waals surface area contributed by atoms with E-state index < -0.39 is 0 Å². The molecule has 3 rings (SSSR count). The molecule has 2 N–H and O–H groups in total. The number of carbonyl (C=O) groups is 1. The Labute approximate surface area is 115 Å². The number of hydrogen-bond donors (Lipinski definition) is 2. The summed E-state index contributed by atoms with van der Waals surface area (Å²) in [6.45, 7) is -0.0518. The SMILES string of the molecule is O=C(Nc1cccc(CO)c1)c1ccn2ccnc2c1. The zero-order valence-corrected chi connectivity index (χ0v) is 10.7. The summed E-state index contributed by atoms with van der Waals surface area (Å²) in [6, 6.07) is 10.6. The Bertz CT molecular complexity index is 764. The Hall–Kier alpha value is -2.66. The van der Waals surface area contributed by atoms with Crippen molar-refractivity contribution in [3.05, 3.63) is 66.1 Å². The van der Waals surface area contributed by atoms with Crippen LogP contribution >= 0.6 is 0 Å². The third kappa shape index (κ3) is 2.39. The monoisotopic (exact) mass is 267 g/mol. The van der Waals surface area contributed by atoms with Gasteiger partial charge < -0.3 is 14.8 Å². The summed E-state index contributed by atoms with van der Waals surface area (Å²) in [5, 5.41) is 11.9. The van der Waals surface area contributed by atoms with Crippen LogP contribution in [0.25, 0.3) is 5.65 Å². The lowest BCUT2D eigenvalue weighted by Gasteiger charge is -2.07. The van der Waals surface area contributed by atoms with Crippen LogP contribution in [0.1, 0.15) is 15.9 Å². The first-order chi connectivity index (χ1) is 9.76. The van der Waals surface area contributed by atoms with Crippen LogP contribution in [0.4, 0.5) is 5.69 Å². The molecule has 0 fully saturated rings. The van der Waals surface area contributed by atoms with Crippen molar-refractivity contribution in [3.8, 4) is 0 Å². The lowest BCUT2D eigenvalue weighted by Crippen LogP contribution is -2.12. The minimum absolute atomic E-state index is 0.0518. The Kier molecular flexibility index (Phi) is 3.18. The van der Waals surface area contributed by atoms with E-state index in [1.54, 1.807) is 48.8 Å². The van der Waals surface area contributed by atoms with Crippen LogP contribution < -0.4 is 5.32 Å². The largest absolute Gasteiger partial charge is 0.392 e. The van der Waals surface area contributed by atoms with E-state index in [0.29, 0.717) is 11.3 Å². The van der Waals surface area contributed by atoms with Crippen molar-refractivity contribution in [2.45, 2.75) is 6.61 Å². The molecule has 0 aliphatic rings. The average Bonchev–Trinajstić information content (AvgIpc) is 2.94. The third-order valence-electron chi connectivity index (χ3n) is 3.03. The lowest BCUT2D eigenvalue weighted by molar-refractivity contribution is 0.102. The van der Waals surface area contributed by atoms with Crippen LogP contribution in [0.15, 0.2) is 55.0 Å². The van der Waals surface area contributed by atoms with Gasteiger partial charge in [-0.25, -0.2) is 4.98 Å². The van der Waals surface area contributed by atoms with Gasteiger partial charge in [0.15, 0.2) is 0 Å². The molecule has 20 heavy (non-hydrogen) atoms. The number of pyridine rings is 1. The van der Waals surface area contributed by atoms with Crippen molar-refractivity contribution in [3.63, 3.8) is 0 Å². The summed E-state index contributed by atoms with van der Waals surface area (Å²) in [7, 11) is 0. The molecule has 0 radical (unpaired) electrons. The molecule has 5 nitrogen and oxygen atoms in total. The minimum atomic E-state index is -0.203. The smallest absolute Gasteiger partial charge is 0.255 e. The normalized spacial score (nSPS) is 10.7. The number of fused-ring (bicyclic) bond motifs is 1. The fourth-order valence-electron chi connectivity index (χ4n) is 2.00. The zero-order chi connectivity index (χ0) is 13.9. The van der Waals surface area contributed by atoms with Gasteiger partial charge >= 0.3 is 0 Å². The van der Waals surface area contributed by atoms with Gasteiger partial charge in [-0.1, -0.05) is 12.1 Å². The van der Waals surface area contributed by atoms with Gasteiger partial charge in [-0.3, -0.25) is 4.79 Å². The summed E-state index contributed by atoms with van der Waals surface area (Å²) in [4.78, 5) is 16.3. The summed E-state index contributed by atoms with van der Waals surface area (Å²) >= 11 is 0. The van der Waals surface area contributed by atoms with Crippen molar-refractivity contribution in [2.24, 2.45) is 0 Å². The molecule has 1 aromatic carbocycles. The van der Waals surface area contributed by atoms with Gasteiger partial charge in [0.25, 0.3) is 5.91 Å². The second-order valence-corrected chi connectivity index (χ2v) is 4.42. The van der Waals surface area contributed by atoms with E-state index in [0.717, 1.165) is 11.2 Å². The summed E-state index contributed by atoms with van der Waals surface area (Å²) < 4.78 is 1.84. The Morgan fingerprint density at radius 3 is 3.00 bits per heavy atom. The fourth-order valence-corrected chi connectivity index (χ4v) is 2.00. The number of aliphatic hydroxyl groups excluding tert-OH is 1. The van der Waals surface area contributed by atoms with E-state index in [9.17, 15) is 4.79 Å². The number of aromatic nitrogens is 2. The van der Waals surface area contributed by atoms with Gasteiger partial charge in [-0.15, -0.1) is 0 Å². The number of amides is 1. The molecule has 0 aliphatic heterocycles. The standard InChI is InChI=1S/C15H13N3O2/c19-10-11-2-1-3-13(8-11)17-15(20)12-4-6-18-7-5-16-14(18)9-12/h1-9,19H,10H2,(H,17,20). The first kappa shape index (κ1) is 12.4. The maximum Gasteiger partial charge on any atom is 0.255 e. The topological polar surface area (TPSA) is 66.6 Å². The molecule has 0 unspecified atom stereocenters. The number of aliphatic hydroxyl groups is 1. The highest BCUT2D eigenvalue weighted by Crippen LogP contribution is 2.13. The van der Waals surface area contributed by atoms with E-state index in [2.05, 4.69) is 10.3 Å². The number of rotatable bonds is 3. The Morgan fingerprint density at radius 2 is 2.15 bits per heavy atom. The van der Waals surface area contributed by atoms with Gasteiger partial charge in [0, 0.05) is 29.8 Å². The van der Waals surface area contributed by atoms with Gasteiger partial charge in [-0.2, -0.15) is 0 Å². The number of benzene rings is 1. The van der Waals surface area contributed by atoms with E-state index in [-0.39, 0.29) is 12.5 Å². The van der Waals surface area contributed by atoms with Crippen molar-refractivity contribution in [1.82, 2.24) is 9.38 Å². The number of nitrogens with one attached hydrogen (secondary N) is 1. The highest BCUT2D eigenvalue weighted by atomic mass is 16.3. The predicted octanol–water partition coefficient (Wildman–Crippen LogP) is 2.08. The van der Waals surface area contributed by atoms with Gasteiger partial charge in [-0.05, 0) is 29.8 Å². The highest BCUT2D eigenvalue weighted by Gasteiger charge is 2.07.